The SMILES string of the molecule is O=C(NC(CCN1CCC(c2nc(-c3ccccc3)no2)CC1)c1ccccc1)C1CCCC1. The van der Waals surface area contributed by atoms with Gasteiger partial charge in [-0.2, -0.15) is 4.98 Å². The standard InChI is InChI=1S/C28H34N4O2/c33-27(23-13-7-8-14-23)29-25(21-9-3-1-4-10-21)17-20-32-18-15-24(16-19-32)28-30-26(31-34-28)22-11-5-2-6-12-22/h1-6,9-12,23-25H,7-8,13-20H2,(H,29,33). The number of hydrogen-bond acceptors (Lipinski definition) is 5. The van der Waals surface area contributed by atoms with Gasteiger partial charge in [0.25, 0.3) is 0 Å². The Labute approximate surface area is 201 Å². The molecule has 1 saturated carbocycles. The molecule has 5 rings (SSSR count). The van der Waals surface area contributed by atoms with Crippen LogP contribution in [0.2, 0.25) is 0 Å². The number of aromatic nitrogens is 2. The Kier molecular flexibility index (Phi) is 7.34. The van der Waals surface area contributed by atoms with E-state index in [0.29, 0.717) is 11.7 Å². The molecule has 1 N–H and O–H groups in total. The third-order valence-corrected chi connectivity index (χ3v) is 7.39. The van der Waals surface area contributed by atoms with Crippen molar-refractivity contribution < 1.29 is 9.32 Å². The molecule has 6 heteroatoms. The molecule has 2 heterocycles. The maximum Gasteiger partial charge on any atom is 0.230 e. The number of benzene rings is 2. The van der Waals surface area contributed by atoms with Crippen LogP contribution < -0.4 is 5.32 Å². The highest BCUT2D eigenvalue weighted by Crippen LogP contribution is 2.30. The predicted molar refractivity (Wildman–Crippen MR) is 132 cm³/mol. The molecule has 178 valence electrons. The molecule has 1 unspecified atom stereocenters. The lowest BCUT2D eigenvalue weighted by molar-refractivity contribution is -0.125. The van der Waals surface area contributed by atoms with Crippen LogP contribution in [-0.4, -0.2) is 40.6 Å². The summed E-state index contributed by atoms with van der Waals surface area (Å²) in [5, 5.41) is 7.56. The second-order valence-electron chi connectivity index (χ2n) is 9.68. The van der Waals surface area contributed by atoms with Gasteiger partial charge in [-0.3, -0.25) is 4.79 Å². The van der Waals surface area contributed by atoms with Gasteiger partial charge in [-0.15, -0.1) is 0 Å². The summed E-state index contributed by atoms with van der Waals surface area (Å²) in [6.07, 6.45) is 7.37. The van der Waals surface area contributed by atoms with Gasteiger partial charge in [0.05, 0.1) is 6.04 Å². The summed E-state index contributed by atoms with van der Waals surface area (Å²) in [6, 6.07) is 20.5. The van der Waals surface area contributed by atoms with E-state index in [0.717, 1.165) is 63.2 Å². The van der Waals surface area contributed by atoms with Gasteiger partial charge < -0.3 is 14.7 Å². The number of hydrogen-bond donors (Lipinski definition) is 1. The summed E-state index contributed by atoms with van der Waals surface area (Å²) in [5.41, 5.74) is 2.18. The zero-order valence-corrected chi connectivity index (χ0v) is 19.7. The molecule has 2 fully saturated rings. The van der Waals surface area contributed by atoms with Crippen LogP contribution in [0.1, 0.15) is 68.4 Å². The number of carbonyl (C=O) groups is 1. The normalized spacial score (nSPS) is 18.7. The Balaban J connectivity index is 1.15. The zero-order chi connectivity index (χ0) is 23.2. The molecular weight excluding hydrogens is 424 g/mol. The van der Waals surface area contributed by atoms with Crippen LogP contribution in [-0.2, 0) is 4.79 Å². The fraction of sp³-hybridized carbons (Fsp3) is 0.464. The van der Waals surface area contributed by atoms with Gasteiger partial charge in [-0.1, -0.05) is 78.7 Å². The fourth-order valence-electron chi connectivity index (χ4n) is 5.31. The van der Waals surface area contributed by atoms with Gasteiger partial charge in [0, 0.05) is 23.9 Å². The van der Waals surface area contributed by atoms with Gasteiger partial charge in [-0.05, 0) is 50.8 Å². The summed E-state index contributed by atoms with van der Waals surface area (Å²) in [7, 11) is 0. The maximum atomic E-state index is 12.8. The molecule has 34 heavy (non-hydrogen) atoms. The molecule has 1 aliphatic heterocycles. The first-order valence-electron chi connectivity index (χ1n) is 12.7. The zero-order valence-electron chi connectivity index (χ0n) is 19.7. The minimum atomic E-state index is 0.0661. The second-order valence-corrected chi connectivity index (χ2v) is 9.68. The van der Waals surface area contributed by atoms with E-state index in [-0.39, 0.29) is 17.9 Å². The highest BCUT2D eigenvalue weighted by Gasteiger charge is 2.28. The van der Waals surface area contributed by atoms with E-state index in [9.17, 15) is 4.79 Å². The smallest absolute Gasteiger partial charge is 0.230 e. The van der Waals surface area contributed by atoms with Crippen molar-refractivity contribution in [2.75, 3.05) is 19.6 Å². The van der Waals surface area contributed by atoms with Crippen LogP contribution >= 0.6 is 0 Å². The van der Waals surface area contributed by atoms with E-state index in [1.54, 1.807) is 0 Å². The molecule has 2 aliphatic rings. The number of piperidine rings is 1. The minimum absolute atomic E-state index is 0.0661. The Morgan fingerprint density at radius 2 is 1.65 bits per heavy atom. The second kappa shape index (κ2) is 11.0. The molecule has 0 radical (unpaired) electrons. The molecule has 1 aromatic heterocycles. The van der Waals surface area contributed by atoms with Crippen molar-refractivity contribution in [1.82, 2.24) is 20.4 Å². The van der Waals surface area contributed by atoms with E-state index in [1.165, 1.54) is 18.4 Å². The van der Waals surface area contributed by atoms with Gasteiger partial charge in [-0.25, -0.2) is 0 Å². The lowest BCUT2D eigenvalue weighted by Crippen LogP contribution is -2.38. The third kappa shape index (κ3) is 5.55. The van der Waals surface area contributed by atoms with Crippen LogP contribution in [0.15, 0.2) is 65.2 Å². The Hall–Kier alpha value is -2.99. The lowest BCUT2D eigenvalue weighted by Gasteiger charge is -2.32. The largest absolute Gasteiger partial charge is 0.349 e. The predicted octanol–water partition coefficient (Wildman–Crippen LogP) is 5.35. The molecule has 1 amide bonds. The first kappa shape index (κ1) is 22.8. The van der Waals surface area contributed by atoms with E-state index in [1.807, 2.05) is 36.4 Å². The van der Waals surface area contributed by atoms with Crippen LogP contribution in [0.4, 0.5) is 0 Å². The first-order chi connectivity index (χ1) is 16.8. The molecule has 6 nitrogen and oxygen atoms in total. The van der Waals surface area contributed by atoms with Gasteiger partial charge in [0.15, 0.2) is 0 Å². The highest BCUT2D eigenvalue weighted by atomic mass is 16.5. The summed E-state index contributed by atoms with van der Waals surface area (Å²) in [6.45, 7) is 2.98. The Morgan fingerprint density at radius 3 is 2.35 bits per heavy atom. The number of likely N-dealkylation sites (tertiary alicyclic amines) is 1. The molecule has 0 spiro atoms. The molecule has 0 bridgehead atoms. The van der Waals surface area contributed by atoms with Gasteiger partial charge in [0.1, 0.15) is 0 Å². The number of rotatable bonds is 8. The van der Waals surface area contributed by atoms with Crippen molar-refractivity contribution in [3.8, 4) is 11.4 Å². The minimum Gasteiger partial charge on any atom is -0.349 e. The molecule has 1 atom stereocenters. The number of amides is 1. The maximum absolute atomic E-state index is 12.8. The molecular formula is C28H34N4O2. The molecule has 2 aromatic carbocycles. The Bertz CT molecular complexity index is 1040. The molecule has 3 aromatic rings. The van der Waals surface area contributed by atoms with Crippen molar-refractivity contribution in [3.63, 3.8) is 0 Å². The van der Waals surface area contributed by atoms with Crippen molar-refractivity contribution in [3.05, 3.63) is 72.1 Å². The van der Waals surface area contributed by atoms with Crippen molar-refractivity contribution >= 4 is 5.91 Å². The quantitative estimate of drug-likeness (QED) is 0.492. The van der Waals surface area contributed by atoms with E-state index >= 15 is 0 Å². The fourth-order valence-corrected chi connectivity index (χ4v) is 5.31. The number of nitrogens with one attached hydrogen (secondary N) is 1. The summed E-state index contributed by atoms with van der Waals surface area (Å²) < 4.78 is 5.62. The van der Waals surface area contributed by atoms with Crippen molar-refractivity contribution in [2.45, 2.75) is 56.9 Å². The highest BCUT2D eigenvalue weighted by molar-refractivity contribution is 5.79. The number of carbonyl (C=O) groups excluding carboxylic acids is 1. The van der Waals surface area contributed by atoms with Crippen LogP contribution in [0.3, 0.4) is 0 Å². The van der Waals surface area contributed by atoms with Crippen LogP contribution in [0, 0.1) is 5.92 Å². The first-order valence-corrected chi connectivity index (χ1v) is 12.7. The van der Waals surface area contributed by atoms with Gasteiger partial charge in [0.2, 0.25) is 17.6 Å². The van der Waals surface area contributed by atoms with E-state index in [2.05, 4.69) is 44.6 Å². The van der Waals surface area contributed by atoms with Gasteiger partial charge >= 0.3 is 0 Å². The monoisotopic (exact) mass is 458 g/mol. The van der Waals surface area contributed by atoms with E-state index in [4.69, 9.17) is 4.52 Å². The number of nitrogens with zero attached hydrogens (tertiary/aromatic N) is 3. The summed E-state index contributed by atoms with van der Waals surface area (Å²) in [5.74, 6) is 2.16. The molecule has 1 saturated heterocycles. The van der Waals surface area contributed by atoms with E-state index < -0.39 is 0 Å². The summed E-state index contributed by atoms with van der Waals surface area (Å²) >= 11 is 0. The van der Waals surface area contributed by atoms with Crippen molar-refractivity contribution in [1.29, 1.82) is 0 Å². The van der Waals surface area contributed by atoms with Crippen molar-refractivity contribution in [2.24, 2.45) is 5.92 Å². The molecule has 1 aliphatic carbocycles. The Morgan fingerprint density at radius 1 is 0.971 bits per heavy atom. The lowest BCUT2D eigenvalue weighted by atomic mass is 9.95. The van der Waals surface area contributed by atoms with Crippen LogP contribution in [0.25, 0.3) is 11.4 Å². The summed E-state index contributed by atoms with van der Waals surface area (Å²) in [4.78, 5) is 20.0. The average molecular weight is 459 g/mol. The van der Waals surface area contributed by atoms with Crippen LogP contribution in [0.5, 0.6) is 0 Å². The average Bonchev–Trinajstić information content (AvgIpc) is 3.61. The topological polar surface area (TPSA) is 71.3 Å². The third-order valence-electron chi connectivity index (χ3n) is 7.39.